The van der Waals surface area contributed by atoms with Crippen molar-refractivity contribution in [1.29, 1.82) is 0 Å². The van der Waals surface area contributed by atoms with Crippen LogP contribution in [0.1, 0.15) is 146 Å². The first-order valence-electron chi connectivity index (χ1n) is 26.4. The molecular weight excluding hydrogens is 889 g/mol. The van der Waals surface area contributed by atoms with Crippen molar-refractivity contribution in [3.63, 3.8) is 0 Å². The van der Waals surface area contributed by atoms with Crippen LogP contribution in [-0.4, -0.2) is 145 Å². The molecule has 14 nitrogen and oxygen atoms in total. The summed E-state index contributed by atoms with van der Waals surface area (Å²) in [6.45, 7) is 26.7. The van der Waals surface area contributed by atoms with E-state index in [1.165, 1.54) is 19.3 Å². The monoisotopic (exact) mass is 981 g/mol. The van der Waals surface area contributed by atoms with Crippen molar-refractivity contribution < 1.29 is 56.3 Å². The summed E-state index contributed by atoms with van der Waals surface area (Å²) in [7, 11) is -1.49. The molecule has 0 radical (unpaired) electrons. The van der Waals surface area contributed by atoms with Crippen LogP contribution in [0.2, 0.25) is 0 Å². The maximum Gasteiger partial charge on any atom is 0.332 e. The highest BCUT2D eigenvalue weighted by molar-refractivity contribution is 7.91. The highest BCUT2D eigenvalue weighted by Gasteiger charge is 2.71. The number of carbonyl (C=O) groups excluding carboxylic acids is 2. The molecule has 6 aliphatic rings. The normalized spacial score (nSPS) is 36.4. The fourth-order valence-electron chi connectivity index (χ4n) is 16.0. The number of sulfone groups is 1. The molecule has 0 amide bonds. The number of esters is 2. The van der Waals surface area contributed by atoms with Gasteiger partial charge in [0.25, 0.3) is 0 Å². The number of aliphatic carboxylic acids is 1. The number of carbonyl (C=O) groups is 3. The van der Waals surface area contributed by atoms with Gasteiger partial charge in [0.05, 0.1) is 70.0 Å². The number of ether oxygens (including phenoxy) is 6. The Labute approximate surface area is 410 Å². The van der Waals surface area contributed by atoms with Crippen LogP contribution in [0.5, 0.6) is 0 Å². The predicted octanol–water partition coefficient (Wildman–Crippen LogP) is 7.60. The fourth-order valence-corrected chi connectivity index (χ4v) is 17.2. The smallest absolute Gasteiger partial charge is 0.332 e. The van der Waals surface area contributed by atoms with Crippen molar-refractivity contribution in [2.45, 2.75) is 170 Å². The third-order valence-corrected chi connectivity index (χ3v) is 21.2. The number of nitrogens with one attached hydrogen (secondary N) is 1. The Balaban J connectivity index is 1.14. The van der Waals surface area contributed by atoms with Gasteiger partial charge in [0.2, 0.25) is 0 Å². The Bertz CT molecular complexity index is 1830. The summed E-state index contributed by atoms with van der Waals surface area (Å²) in [6, 6.07) is -0.199. The highest BCUT2D eigenvalue weighted by atomic mass is 32.2. The standard InChI is InChI=1S/C53H92N2O12S/c1-36(2)38-14-19-53(54-34-40(55-22-30-68(60,61)31-23-55)37(3)66-46(59)35-65-29-28-64-27-26-63-25-24-62-11)21-20-51(9)39(47(38)53)12-13-42-50(8)17-16-43(49(6,7)41(50)15-18-52(42,51)10)67-45(58)33-48(4,5)32-44(56)57/h36-43,47,54H,12-35H2,1-11H3,(H,56,57)/t37-,38+,39-,40-,41+,42-,43+,47-,50+,51-,52-,53+/m1/s1. The van der Waals surface area contributed by atoms with E-state index >= 15 is 0 Å². The molecule has 1 heterocycles. The number of carboxylic acid groups (broad SMARTS) is 1. The molecule has 0 unspecified atom stereocenters. The summed E-state index contributed by atoms with van der Waals surface area (Å²) in [4.78, 5) is 40.3. The Morgan fingerprint density at radius 3 is 2.03 bits per heavy atom. The number of methoxy groups -OCH3 is 1. The maximum absolute atomic E-state index is 13.4. The number of hydrogen-bond donors (Lipinski definition) is 2. The molecule has 5 aliphatic carbocycles. The first-order chi connectivity index (χ1) is 31.8. The molecule has 0 aromatic heterocycles. The van der Waals surface area contributed by atoms with Gasteiger partial charge in [-0.3, -0.25) is 14.5 Å². The van der Waals surface area contributed by atoms with Crippen molar-refractivity contribution in [2.75, 3.05) is 84.5 Å². The molecule has 5 saturated carbocycles. The second-order valence-electron chi connectivity index (χ2n) is 24.6. The van der Waals surface area contributed by atoms with E-state index in [1.54, 1.807) is 7.11 Å². The average molecular weight is 981 g/mol. The lowest BCUT2D eigenvalue weighted by atomic mass is 9.32. The van der Waals surface area contributed by atoms with Crippen molar-refractivity contribution in [1.82, 2.24) is 10.2 Å². The topological polar surface area (TPSA) is 176 Å². The largest absolute Gasteiger partial charge is 0.481 e. The van der Waals surface area contributed by atoms with E-state index in [2.05, 4.69) is 58.7 Å². The van der Waals surface area contributed by atoms with Crippen LogP contribution >= 0.6 is 0 Å². The fraction of sp³-hybridized carbons (Fsp3) is 0.943. The van der Waals surface area contributed by atoms with Gasteiger partial charge in [-0.2, -0.15) is 0 Å². The lowest BCUT2D eigenvalue weighted by molar-refractivity contribution is -0.247. The van der Waals surface area contributed by atoms with E-state index in [0.717, 1.165) is 44.9 Å². The Morgan fingerprint density at radius 1 is 0.750 bits per heavy atom. The first-order valence-corrected chi connectivity index (χ1v) is 28.2. The zero-order valence-corrected chi connectivity index (χ0v) is 44.8. The van der Waals surface area contributed by atoms with Gasteiger partial charge < -0.3 is 38.8 Å². The number of carboxylic acids is 1. The quantitative estimate of drug-likeness (QED) is 0.0756. The number of fused-ring (bicyclic) bond motifs is 7. The molecule has 0 aromatic rings. The second kappa shape index (κ2) is 22.1. The first kappa shape index (κ1) is 55.4. The minimum atomic E-state index is -3.12. The van der Waals surface area contributed by atoms with E-state index in [0.29, 0.717) is 88.2 Å². The van der Waals surface area contributed by atoms with Crippen LogP contribution in [0.3, 0.4) is 0 Å². The lowest BCUT2D eigenvalue weighted by Crippen LogP contribution is -2.69. The lowest BCUT2D eigenvalue weighted by Gasteiger charge is -2.73. The van der Waals surface area contributed by atoms with Crippen LogP contribution in [0.4, 0.5) is 0 Å². The second-order valence-corrected chi connectivity index (χ2v) is 27.0. The minimum absolute atomic E-state index is 0.0614. The van der Waals surface area contributed by atoms with Gasteiger partial charge in [0.15, 0.2) is 9.84 Å². The van der Waals surface area contributed by atoms with Gasteiger partial charge in [-0.05, 0) is 128 Å². The summed E-state index contributed by atoms with van der Waals surface area (Å²) in [5.74, 6) is 1.71. The molecule has 68 heavy (non-hydrogen) atoms. The van der Waals surface area contributed by atoms with Gasteiger partial charge in [-0.15, -0.1) is 0 Å². The molecule has 2 N–H and O–H groups in total. The summed E-state index contributed by atoms with van der Waals surface area (Å²) < 4.78 is 59.3. The number of hydrogen-bond acceptors (Lipinski definition) is 13. The Morgan fingerprint density at radius 2 is 1.40 bits per heavy atom. The van der Waals surface area contributed by atoms with Crippen LogP contribution in [-0.2, 0) is 52.6 Å². The molecule has 392 valence electrons. The average Bonchev–Trinajstić information content (AvgIpc) is 3.63. The summed E-state index contributed by atoms with van der Waals surface area (Å²) >= 11 is 0. The number of nitrogens with zero attached hydrogens (tertiary/aromatic N) is 1. The van der Waals surface area contributed by atoms with E-state index in [9.17, 15) is 27.9 Å². The Hall–Kier alpha value is -1.88. The van der Waals surface area contributed by atoms with Crippen molar-refractivity contribution in [3.8, 4) is 0 Å². The molecule has 6 fully saturated rings. The van der Waals surface area contributed by atoms with E-state index < -0.39 is 33.3 Å². The molecule has 12 atom stereocenters. The van der Waals surface area contributed by atoms with Gasteiger partial charge in [0.1, 0.15) is 18.8 Å². The Kier molecular flexibility index (Phi) is 18.0. The highest BCUT2D eigenvalue weighted by Crippen LogP contribution is 2.76. The molecular formula is C53H92N2O12S. The van der Waals surface area contributed by atoms with Gasteiger partial charge in [-0.1, -0.05) is 62.3 Å². The molecule has 15 heteroatoms. The zero-order chi connectivity index (χ0) is 49.9. The van der Waals surface area contributed by atoms with Gasteiger partial charge >= 0.3 is 17.9 Å². The zero-order valence-electron chi connectivity index (χ0n) is 44.0. The molecule has 0 spiro atoms. The number of rotatable bonds is 23. The third-order valence-electron chi connectivity index (χ3n) is 19.6. The minimum Gasteiger partial charge on any atom is -0.481 e. The van der Waals surface area contributed by atoms with E-state index in [4.69, 9.17) is 28.4 Å². The summed E-state index contributed by atoms with van der Waals surface area (Å²) in [6.07, 6.45) is 10.4. The predicted molar refractivity (Wildman–Crippen MR) is 262 cm³/mol. The van der Waals surface area contributed by atoms with Crippen LogP contribution < -0.4 is 5.32 Å². The van der Waals surface area contributed by atoms with Crippen molar-refractivity contribution in [3.05, 3.63) is 0 Å². The third kappa shape index (κ3) is 11.8. The van der Waals surface area contributed by atoms with Gasteiger partial charge in [-0.25, -0.2) is 13.2 Å². The van der Waals surface area contributed by atoms with Crippen LogP contribution in [0.15, 0.2) is 0 Å². The van der Waals surface area contributed by atoms with Gasteiger partial charge in [0, 0.05) is 37.7 Å². The van der Waals surface area contributed by atoms with Crippen molar-refractivity contribution >= 4 is 27.7 Å². The SMILES string of the molecule is COCCOCCOCCOCC(=O)O[C@H](C)[C@@H](CN[C@]12CC[C@@H](C(C)C)[C@@H]1[C@H]1CC[C@@H]3[C@@]4(C)CC[C@H](OC(=O)CC(C)(C)CC(=O)O)C(C)(C)[C@@H]4CC[C@@]3(C)[C@]1(C)CC2)N1CCS(=O)(=O)CC1. The molecule has 0 aromatic carbocycles. The molecule has 0 bridgehead atoms. The summed E-state index contributed by atoms with van der Waals surface area (Å²) in [5.41, 5.74) is -0.534. The van der Waals surface area contributed by atoms with E-state index in [1.807, 2.05) is 20.8 Å². The summed E-state index contributed by atoms with van der Waals surface area (Å²) in [5, 5.41) is 13.7. The molecule has 1 saturated heterocycles. The molecule has 6 rings (SSSR count). The van der Waals surface area contributed by atoms with Crippen LogP contribution in [0.25, 0.3) is 0 Å². The van der Waals surface area contributed by atoms with Crippen molar-refractivity contribution in [2.24, 2.45) is 62.6 Å². The molecule has 1 aliphatic heterocycles. The maximum atomic E-state index is 13.4. The van der Waals surface area contributed by atoms with Crippen LogP contribution in [0, 0.1) is 62.6 Å². The van der Waals surface area contributed by atoms with E-state index in [-0.39, 0.29) is 82.9 Å².